The van der Waals surface area contributed by atoms with E-state index in [4.69, 9.17) is 9.72 Å². The second-order valence-electron chi connectivity index (χ2n) is 7.06. The SMILES string of the molecule is CCOc1cccc2sc(N(Cc3ccccn3)C(=O)c3ccc(C)cc3C)nc12. The van der Waals surface area contributed by atoms with Crippen molar-refractivity contribution in [3.05, 3.63) is 83.2 Å². The van der Waals surface area contributed by atoms with Crippen molar-refractivity contribution in [2.75, 3.05) is 11.5 Å². The average Bonchev–Trinajstić information content (AvgIpc) is 3.17. The molecule has 0 saturated heterocycles. The minimum Gasteiger partial charge on any atom is -0.492 e. The molecule has 2 aromatic carbocycles. The summed E-state index contributed by atoms with van der Waals surface area (Å²) in [5, 5.41) is 0.632. The van der Waals surface area contributed by atoms with Gasteiger partial charge in [0, 0.05) is 11.8 Å². The molecule has 0 spiro atoms. The molecule has 1 amide bonds. The number of nitrogens with zero attached hydrogens (tertiary/aromatic N) is 3. The lowest BCUT2D eigenvalue weighted by Crippen LogP contribution is -2.31. The third-order valence-electron chi connectivity index (χ3n) is 4.81. The Labute approximate surface area is 180 Å². The molecular weight excluding hydrogens is 394 g/mol. The zero-order valence-corrected chi connectivity index (χ0v) is 18.1. The molecule has 152 valence electrons. The Morgan fingerprint density at radius 2 is 1.97 bits per heavy atom. The second kappa shape index (κ2) is 8.63. The van der Waals surface area contributed by atoms with Crippen LogP contribution >= 0.6 is 11.3 Å². The zero-order valence-electron chi connectivity index (χ0n) is 17.3. The van der Waals surface area contributed by atoms with Crippen LogP contribution in [0.5, 0.6) is 5.75 Å². The van der Waals surface area contributed by atoms with Crippen LogP contribution in [0, 0.1) is 13.8 Å². The molecule has 2 aromatic heterocycles. The van der Waals surface area contributed by atoms with Crippen LogP contribution in [0.1, 0.15) is 34.1 Å². The third kappa shape index (κ3) is 4.04. The van der Waals surface area contributed by atoms with E-state index in [9.17, 15) is 4.79 Å². The normalized spacial score (nSPS) is 10.9. The van der Waals surface area contributed by atoms with Gasteiger partial charge in [0.1, 0.15) is 11.3 Å². The number of hydrogen-bond donors (Lipinski definition) is 0. The number of ether oxygens (including phenoxy) is 1. The number of para-hydroxylation sites is 1. The molecule has 0 fully saturated rings. The van der Waals surface area contributed by atoms with Gasteiger partial charge in [0.05, 0.1) is 23.5 Å². The van der Waals surface area contributed by atoms with E-state index in [1.165, 1.54) is 11.3 Å². The Kier molecular flexibility index (Phi) is 5.77. The summed E-state index contributed by atoms with van der Waals surface area (Å²) in [5.74, 6) is 0.643. The lowest BCUT2D eigenvalue weighted by atomic mass is 10.0. The highest BCUT2D eigenvalue weighted by Crippen LogP contribution is 2.35. The van der Waals surface area contributed by atoms with Gasteiger partial charge in [-0.3, -0.25) is 14.7 Å². The van der Waals surface area contributed by atoms with Gasteiger partial charge in [-0.2, -0.15) is 0 Å². The Balaban J connectivity index is 1.80. The monoisotopic (exact) mass is 417 g/mol. The molecule has 5 nitrogen and oxygen atoms in total. The number of aromatic nitrogens is 2. The molecule has 4 rings (SSSR count). The van der Waals surface area contributed by atoms with Gasteiger partial charge in [-0.1, -0.05) is 41.2 Å². The van der Waals surface area contributed by atoms with Crippen LogP contribution in [-0.2, 0) is 6.54 Å². The standard InChI is InChI=1S/C24H23N3O2S/c1-4-29-20-9-7-10-21-22(20)26-24(30-21)27(15-18-8-5-6-13-25-18)23(28)19-12-11-16(2)14-17(19)3/h5-14H,4,15H2,1-3H3. The number of carbonyl (C=O) groups is 1. The van der Waals surface area contributed by atoms with E-state index in [-0.39, 0.29) is 5.91 Å². The van der Waals surface area contributed by atoms with E-state index < -0.39 is 0 Å². The van der Waals surface area contributed by atoms with Crippen LogP contribution in [0.15, 0.2) is 60.8 Å². The smallest absolute Gasteiger partial charge is 0.260 e. The summed E-state index contributed by atoms with van der Waals surface area (Å²) in [4.78, 5) is 24.5. The number of hydrogen-bond acceptors (Lipinski definition) is 5. The third-order valence-corrected chi connectivity index (χ3v) is 5.85. The van der Waals surface area contributed by atoms with E-state index in [1.54, 1.807) is 11.1 Å². The van der Waals surface area contributed by atoms with Gasteiger partial charge in [-0.15, -0.1) is 0 Å². The summed E-state index contributed by atoms with van der Waals surface area (Å²) in [5.41, 5.74) is 4.32. The molecule has 0 aliphatic rings. The lowest BCUT2D eigenvalue weighted by Gasteiger charge is -2.20. The van der Waals surface area contributed by atoms with Gasteiger partial charge in [0.25, 0.3) is 5.91 Å². The van der Waals surface area contributed by atoms with Crippen molar-refractivity contribution >= 4 is 32.6 Å². The fourth-order valence-corrected chi connectivity index (χ4v) is 4.36. The molecule has 2 heterocycles. The minimum absolute atomic E-state index is 0.0878. The largest absolute Gasteiger partial charge is 0.492 e. The first kappa shape index (κ1) is 20.0. The molecule has 0 atom stereocenters. The Bertz CT molecular complexity index is 1190. The fraction of sp³-hybridized carbons (Fsp3) is 0.208. The highest BCUT2D eigenvalue weighted by molar-refractivity contribution is 7.22. The number of anilines is 1. The van der Waals surface area contributed by atoms with Gasteiger partial charge in [0.2, 0.25) is 0 Å². The van der Waals surface area contributed by atoms with Gasteiger partial charge >= 0.3 is 0 Å². The van der Waals surface area contributed by atoms with Crippen molar-refractivity contribution in [3.8, 4) is 5.75 Å². The van der Waals surface area contributed by atoms with Gasteiger partial charge in [-0.25, -0.2) is 4.98 Å². The first-order valence-corrected chi connectivity index (χ1v) is 10.7. The number of pyridine rings is 1. The van der Waals surface area contributed by atoms with Crippen LogP contribution in [-0.4, -0.2) is 22.5 Å². The minimum atomic E-state index is -0.0878. The van der Waals surface area contributed by atoms with Crippen molar-refractivity contribution in [2.45, 2.75) is 27.3 Å². The topological polar surface area (TPSA) is 55.3 Å². The van der Waals surface area contributed by atoms with Crippen LogP contribution in [0.4, 0.5) is 5.13 Å². The predicted molar refractivity (Wildman–Crippen MR) is 121 cm³/mol. The maximum Gasteiger partial charge on any atom is 0.260 e. The Hall–Kier alpha value is -3.25. The van der Waals surface area contributed by atoms with E-state index in [2.05, 4.69) is 4.98 Å². The van der Waals surface area contributed by atoms with E-state index in [0.717, 1.165) is 32.8 Å². The molecule has 0 aliphatic carbocycles. The number of aryl methyl sites for hydroxylation is 2. The maximum absolute atomic E-state index is 13.6. The molecule has 6 heteroatoms. The number of fused-ring (bicyclic) bond motifs is 1. The first-order chi connectivity index (χ1) is 14.6. The van der Waals surface area contributed by atoms with Crippen molar-refractivity contribution < 1.29 is 9.53 Å². The highest BCUT2D eigenvalue weighted by Gasteiger charge is 2.24. The van der Waals surface area contributed by atoms with Crippen LogP contribution in [0.2, 0.25) is 0 Å². The Morgan fingerprint density at radius 3 is 2.70 bits per heavy atom. The molecule has 4 aromatic rings. The summed E-state index contributed by atoms with van der Waals surface area (Å²) in [6.45, 7) is 6.84. The van der Waals surface area contributed by atoms with Crippen molar-refractivity contribution in [3.63, 3.8) is 0 Å². The number of carbonyl (C=O) groups excluding carboxylic acids is 1. The number of amides is 1. The van der Waals surface area contributed by atoms with Gasteiger partial charge in [-0.05, 0) is 56.7 Å². The van der Waals surface area contributed by atoms with E-state index in [0.29, 0.717) is 23.8 Å². The van der Waals surface area contributed by atoms with E-state index >= 15 is 0 Å². The van der Waals surface area contributed by atoms with Crippen LogP contribution in [0.25, 0.3) is 10.2 Å². The molecule has 0 saturated carbocycles. The van der Waals surface area contributed by atoms with Crippen molar-refractivity contribution in [1.82, 2.24) is 9.97 Å². The molecule has 0 aliphatic heterocycles. The summed E-state index contributed by atoms with van der Waals surface area (Å²) < 4.78 is 6.72. The maximum atomic E-state index is 13.6. The average molecular weight is 418 g/mol. The van der Waals surface area contributed by atoms with Crippen molar-refractivity contribution in [2.24, 2.45) is 0 Å². The highest BCUT2D eigenvalue weighted by atomic mass is 32.1. The fourth-order valence-electron chi connectivity index (χ4n) is 3.38. The number of thiazole rings is 1. The molecule has 0 radical (unpaired) electrons. The summed E-state index contributed by atoms with van der Waals surface area (Å²) >= 11 is 1.48. The van der Waals surface area contributed by atoms with Gasteiger partial charge < -0.3 is 4.74 Å². The summed E-state index contributed by atoms with van der Waals surface area (Å²) in [6.07, 6.45) is 1.74. The molecular formula is C24H23N3O2S. The van der Waals surface area contributed by atoms with E-state index in [1.807, 2.05) is 75.4 Å². The summed E-state index contributed by atoms with van der Waals surface area (Å²) in [6, 6.07) is 17.4. The number of rotatable bonds is 6. The second-order valence-corrected chi connectivity index (χ2v) is 8.07. The summed E-state index contributed by atoms with van der Waals surface area (Å²) in [7, 11) is 0. The predicted octanol–water partition coefficient (Wildman–Crippen LogP) is 5.55. The first-order valence-electron chi connectivity index (χ1n) is 9.88. The van der Waals surface area contributed by atoms with Crippen molar-refractivity contribution in [1.29, 1.82) is 0 Å². The number of benzene rings is 2. The molecule has 30 heavy (non-hydrogen) atoms. The zero-order chi connectivity index (χ0) is 21.1. The van der Waals surface area contributed by atoms with Gasteiger partial charge in [0.15, 0.2) is 5.13 Å². The van der Waals surface area contributed by atoms with Crippen LogP contribution in [0.3, 0.4) is 0 Å². The quantitative estimate of drug-likeness (QED) is 0.412. The molecule has 0 unspecified atom stereocenters. The lowest BCUT2D eigenvalue weighted by molar-refractivity contribution is 0.0984. The Morgan fingerprint density at radius 1 is 1.10 bits per heavy atom. The molecule has 0 bridgehead atoms. The van der Waals surface area contributed by atoms with Crippen LogP contribution < -0.4 is 9.64 Å². The molecule has 0 N–H and O–H groups in total.